The number of benzene rings is 3. The van der Waals surface area contributed by atoms with E-state index in [9.17, 15) is 9.67 Å². The molecule has 0 unspecified atom stereocenters. The van der Waals surface area contributed by atoms with Crippen molar-refractivity contribution in [1.29, 1.82) is 0 Å². The number of aliphatic hydroxyl groups is 1. The summed E-state index contributed by atoms with van der Waals surface area (Å²) in [6.45, 7) is -0.0927. The quantitative estimate of drug-likeness (QED) is 0.372. The van der Waals surface area contributed by atoms with Crippen molar-refractivity contribution in [1.82, 2.24) is 0 Å². The first-order chi connectivity index (χ1) is 15.0. The Kier molecular flexibility index (Phi) is 7.19. The predicted molar refractivity (Wildman–Crippen MR) is 120 cm³/mol. The molecule has 3 rings (SSSR count). The zero-order valence-corrected chi connectivity index (χ0v) is 19.0. The average molecular weight is 442 g/mol. The van der Waals surface area contributed by atoms with E-state index in [-0.39, 0.29) is 6.61 Å². The van der Waals surface area contributed by atoms with E-state index in [0.717, 1.165) is 5.56 Å². The van der Waals surface area contributed by atoms with Crippen LogP contribution in [0.1, 0.15) is 22.3 Å². The maximum absolute atomic E-state index is 14.3. The molecule has 0 saturated carbocycles. The van der Waals surface area contributed by atoms with E-state index in [2.05, 4.69) is 0 Å². The Morgan fingerprint density at radius 1 is 0.677 bits per heavy atom. The standard InChI is InChI=1S/C24H27O6P/c1-27-22-13-9-20(10-14-22)24(31(26,29-3)30-4,19-7-5-18(17-25)6-8-19)21-11-15-23(28-2)16-12-21/h5-16,25H,17H2,1-4H3. The molecule has 0 bridgehead atoms. The van der Waals surface area contributed by atoms with Gasteiger partial charge in [0.1, 0.15) is 16.7 Å². The van der Waals surface area contributed by atoms with Gasteiger partial charge in [-0.3, -0.25) is 4.57 Å². The van der Waals surface area contributed by atoms with Crippen LogP contribution < -0.4 is 9.47 Å². The molecule has 0 heterocycles. The second-order valence-electron chi connectivity index (χ2n) is 6.89. The van der Waals surface area contributed by atoms with Gasteiger partial charge in [0.2, 0.25) is 0 Å². The normalized spacial score (nSPS) is 11.9. The summed E-state index contributed by atoms with van der Waals surface area (Å²) in [5, 5.41) is 8.23. The SMILES string of the molecule is COc1ccc(C(c2ccc(CO)cc2)(c2ccc(OC)cc2)P(=O)(OC)OC)cc1. The number of hydrogen-bond acceptors (Lipinski definition) is 6. The summed E-state index contributed by atoms with van der Waals surface area (Å²) in [6, 6.07) is 21.9. The average Bonchev–Trinajstić information content (AvgIpc) is 2.85. The largest absolute Gasteiger partial charge is 0.497 e. The van der Waals surface area contributed by atoms with Crippen LogP contribution in [0.25, 0.3) is 0 Å². The second kappa shape index (κ2) is 9.67. The Balaban J connectivity index is 2.42. The van der Waals surface area contributed by atoms with Gasteiger partial charge in [0.15, 0.2) is 0 Å². The highest BCUT2D eigenvalue weighted by molar-refractivity contribution is 7.55. The molecule has 3 aromatic carbocycles. The fraction of sp³-hybridized carbons (Fsp3) is 0.250. The molecule has 31 heavy (non-hydrogen) atoms. The second-order valence-corrected chi connectivity index (χ2v) is 9.28. The van der Waals surface area contributed by atoms with Gasteiger partial charge in [0.05, 0.1) is 20.8 Å². The molecule has 0 amide bonds. The lowest BCUT2D eigenvalue weighted by Crippen LogP contribution is -2.31. The zero-order chi connectivity index (χ0) is 22.5. The first-order valence-electron chi connectivity index (χ1n) is 9.70. The molecule has 3 aromatic rings. The molecule has 164 valence electrons. The number of methoxy groups -OCH3 is 2. The third-order valence-corrected chi connectivity index (χ3v) is 8.02. The number of aliphatic hydroxyl groups excluding tert-OH is 1. The van der Waals surface area contributed by atoms with Crippen LogP contribution in [-0.2, 0) is 25.4 Å². The summed E-state index contributed by atoms with van der Waals surface area (Å²) >= 11 is 0. The molecule has 1 N–H and O–H groups in total. The highest BCUT2D eigenvalue weighted by Crippen LogP contribution is 2.69. The van der Waals surface area contributed by atoms with E-state index in [0.29, 0.717) is 28.2 Å². The van der Waals surface area contributed by atoms with E-state index in [4.69, 9.17) is 18.5 Å². The summed E-state index contributed by atoms with van der Waals surface area (Å²) in [7, 11) is 2.15. The van der Waals surface area contributed by atoms with Crippen molar-refractivity contribution in [2.24, 2.45) is 0 Å². The smallest absolute Gasteiger partial charge is 0.349 e. The minimum atomic E-state index is -3.80. The van der Waals surface area contributed by atoms with Gasteiger partial charge in [0, 0.05) is 14.2 Å². The van der Waals surface area contributed by atoms with Crippen LogP contribution in [-0.4, -0.2) is 33.5 Å². The Labute approximate surface area is 182 Å². The van der Waals surface area contributed by atoms with Crippen LogP contribution in [0.3, 0.4) is 0 Å². The number of ether oxygens (including phenoxy) is 2. The monoisotopic (exact) mass is 442 g/mol. The van der Waals surface area contributed by atoms with Crippen molar-refractivity contribution in [2.75, 3.05) is 28.4 Å². The number of hydrogen-bond donors (Lipinski definition) is 1. The van der Waals surface area contributed by atoms with Gasteiger partial charge >= 0.3 is 7.60 Å². The van der Waals surface area contributed by atoms with Crippen LogP contribution >= 0.6 is 7.60 Å². The van der Waals surface area contributed by atoms with Crippen LogP contribution in [0.4, 0.5) is 0 Å². The lowest BCUT2D eigenvalue weighted by molar-refractivity contribution is 0.259. The van der Waals surface area contributed by atoms with E-state index in [1.165, 1.54) is 14.2 Å². The molecular weight excluding hydrogens is 415 g/mol. The van der Waals surface area contributed by atoms with Gasteiger partial charge in [-0.15, -0.1) is 0 Å². The van der Waals surface area contributed by atoms with E-state index in [1.807, 2.05) is 60.7 Å². The van der Waals surface area contributed by atoms with Crippen molar-refractivity contribution in [2.45, 2.75) is 11.8 Å². The minimum absolute atomic E-state index is 0.0927. The lowest BCUT2D eigenvalue weighted by Gasteiger charge is -2.39. The third kappa shape index (κ3) is 4.00. The summed E-state index contributed by atoms with van der Waals surface area (Å²) in [6.07, 6.45) is 0. The summed E-state index contributed by atoms with van der Waals surface area (Å²) < 4.78 is 36.1. The Morgan fingerprint density at radius 2 is 1.03 bits per heavy atom. The summed E-state index contributed by atoms with van der Waals surface area (Å²) in [5.74, 6) is 1.35. The van der Waals surface area contributed by atoms with Gasteiger partial charge in [-0.2, -0.15) is 0 Å². The fourth-order valence-corrected chi connectivity index (χ4v) is 5.93. The van der Waals surface area contributed by atoms with Gasteiger partial charge < -0.3 is 23.6 Å². The van der Waals surface area contributed by atoms with Crippen LogP contribution in [0, 0.1) is 0 Å². The fourth-order valence-electron chi connectivity index (χ4n) is 3.84. The molecule has 0 spiro atoms. The van der Waals surface area contributed by atoms with E-state index in [1.54, 1.807) is 26.4 Å². The highest BCUT2D eigenvalue weighted by Gasteiger charge is 2.54. The number of rotatable bonds is 9. The zero-order valence-electron chi connectivity index (χ0n) is 18.1. The topological polar surface area (TPSA) is 74.2 Å². The Morgan fingerprint density at radius 3 is 1.32 bits per heavy atom. The van der Waals surface area contributed by atoms with E-state index >= 15 is 0 Å². The predicted octanol–water partition coefficient (Wildman–Crippen LogP) is 4.97. The molecule has 0 aliphatic heterocycles. The van der Waals surface area contributed by atoms with Crippen molar-refractivity contribution in [3.63, 3.8) is 0 Å². The molecule has 7 heteroatoms. The van der Waals surface area contributed by atoms with Crippen molar-refractivity contribution in [3.05, 3.63) is 95.1 Å². The minimum Gasteiger partial charge on any atom is -0.497 e. The molecule has 0 radical (unpaired) electrons. The van der Waals surface area contributed by atoms with Crippen molar-refractivity contribution < 1.29 is 28.2 Å². The van der Waals surface area contributed by atoms with Crippen LogP contribution in [0.15, 0.2) is 72.8 Å². The van der Waals surface area contributed by atoms with Crippen LogP contribution in [0.2, 0.25) is 0 Å². The first kappa shape index (κ1) is 23.0. The van der Waals surface area contributed by atoms with Gasteiger partial charge in [-0.25, -0.2) is 0 Å². The molecule has 0 atom stereocenters. The lowest BCUT2D eigenvalue weighted by atomic mass is 9.83. The molecular formula is C24H27O6P. The molecule has 0 saturated heterocycles. The van der Waals surface area contributed by atoms with Gasteiger partial charge in [0.25, 0.3) is 0 Å². The summed E-state index contributed by atoms with van der Waals surface area (Å²) in [5.41, 5.74) is 2.86. The highest BCUT2D eigenvalue weighted by atomic mass is 31.2. The Bertz CT molecular complexity index is 905. The molecule has 0 fully saturated rings. The molecule has 0 aliphatic rings. The van der Waals surface area contributed by atoms with Crippen LogP contribution in [0.5, 0.6) is 11.5 Å². The molecule has 6 nitrogen and oxygen atoms in total. The van der Waals surface area contributed by atoms with Crippen molar-refractivity contribution >= 4 is 7.60 Å². The van der Waals surface area contributed by atoms with Gasteiger partial charge in [-0.1, -0.05) is 48.5 Å². The van der Waals surface area contributed by atoms with Gasteiger partial charge in [-0.05, 0) is 46.5 Å². The van der Waals surface area contributed by atoms with E-state index < -0.39 is 12.8 Å². The third-order valence-electron chi connectivity index (χ3n) is 5.46. The molecule has 0 aromatic heterocycles. The maximum Gasteiger partial charge on any atom is 0.349 e. The van der Waals surface area contributed by atoms with Crippen molar-refractivity contribution in [3.8, 4) is 11.5 Å². The maximum atomic E-state index is 14.3. The summed E-state index contributed by atoms with van der Waals surface area (Å²) in [4.78, 5) is 0. The Hall–Kier alpha value is -2.63. The molecule has 0 aliphatic carbocycles. The first-order valence-corrected chi connectivity index (χ1v) is 11.2.